The summed E-state index contributed by atoms with van der Waals surface area (Å²) in [5.74, 6) is -2.20. The van der Waals surface area contributed by atoms with E-state index < -0.39 is 18.0 Å². The van der Waals surface area contributed by atoms with Crippen molar-refractivity contribution in [1.82, 2.24) is 0 Å². The Kier molecular flexibility index (Phi) is 3.42. The largest absolute Gasteiger partial charge is 0.481 e. The number of carbonyl (C=O) groups is 2. The van der Waals surface area contributed by atoms with Gasteiger partial charge in [-0.1, -0.05) is 0 Å². The Morgan fingerprint density at radius 3 is 2.20 bits per heavy atom. The molecule has 0 aliphatic rings. The van der Waals surface area contributed by atoms with Crippen LogP contribution in [0.5, 0.6) is 0 Å². The molecular formula is C5H9NO4. The number of hydrogen-bond acceptors (Lipinski definition) is 3. The van der Waals surface area contributed by atoms with Crippen LogP contribution < -0.4 is 5.73 Å². The summed E-state index contributed by atoms with van der Waals surface area (Å²) in [6.45, 7) is 0. The zero-order chi connectivity index (χ0) is 8.15. The van der Waals surface area contributed by atoms with Gasteiger partial charge >= 0.3 is 11.9 Å². The van der Waals surface area contributed by atoms with Crippen LogP contribution in [0, 0.1) is 0 Å². The molecule has 5 nitrogen and oxygen atoms in total. The lowest BCUT2D eigenvalue weighted by molar-refractivity contribution is -0.139. The minimum absolute atomic E-state index is 0.0231. The van der Waals surface area contributed by atoms with Crippen LogP contribution >= 0.6 is 0 Å². The lowest BCUT2D eigenvalue weighted by Gasteiger charge is -2.01. The van der Waals surface area contributed by atoms with Crippen LogP contribution in [-0.2, 0) is 9.59 Å². The predicted octanol–water partition coefficient (Wildman–Crippen LogP) is -0.737. The number of carboxylic acids is 2. The Bertz CT molecular complexity index is 145. The van der Waals surface area contributed by atoms with Crippen LogP contribution in [0.3, 0.4) is 0 Å². The second kappa shape index (κ2) is 3.84. The molecule has 0 bridgehead atoms. The summed E-state index contributed by atoms with van der Waals surface area (Å²) >= 11 is 0. The first kappa shape index (κ1) is 8.90. The SMILES string of the molecule is N[C@H](CCC(=[17O])[17OH])C(=[17O])[17OH]. The van der Waals surface area contributed by atoms with Crippen LogP contribution in [-0.4, -0.2) is 28.2 Å². The molecule has 4 N–H and O–H groups in total. The third-order valence-electron chi connectivity index (χ3n) is 0.986. The normalized spacial score (nSPS) is 12.5. The van der Waals surface area contributed by atoms with Gasteiger partial charge in [0.15, 0.2) is 0 Å². The maximum Gasteiger partial charge on any atom is 0.320 e. The van der Waals surface area contributed by atoms with Gasteiger partial charge in [0.1, 0.15) is 6.04 Å². The van der Waals surface area contributed by atoms with Gasteiger partial charge in [-0.05, 0) is 6.42 Å². The van der Waals surface area contributed by atoms with Crippen molar-refractivity contribution >= 4 is 11.9 Å². The van der Waals surface area contributed by atoms with Crippen molar-refractivity contribution in [2.75, 3.05) is 0 Å². The van der Waals surface area contributed by atoms with Gasteiger partial charge in [-0.15, -0.1) is 0 Å². The summed E-state index contributed by atoms with van der Waals surface area (Å²) in [7, 11) is 0. The monoisotopic (exact) mass is 151 g/mol. The number of rotatable bonds is 4. The highest BCUT2D eigenvalue weighted by Crippen LogP contribution is 1.93. The molecule has 0 aromatic carbocycles. The molecule has 0 saturated heterocycles. The lowest BCUT2D eigenvalue weighted by atomic mass is 10.2. The van der Waals surface area contributed by atoms with Crippen LogP contribution in [0.1, 0.15) is 12.8 Å². The van der Waals surface area contributed by atoms with Gasteiger partial charge in [-0.2, -0.15) is 0 Å². The number of hydrogen-bond donors (Lipinski definition) is 3. The van der Waals surface area contributed by atoms with Crippen molar-refractivity contribution in [2.45, 2.75) is 18.9 Å². The van der Waals surface area contributed by atoms with Gasteiger partial charge in [0.2, 0.25) is 0 Å². The molecule has 0 aromatic heterocycles. The summed E-state index contributed by atoms with van der Waals surface area (Å²) in [6, 6.07) is -1.06. The molecule has 0 amide bonds. The first-order valence-electron chi connectivity index (χ1n) is 2.74. The predicted molar refractivity (Wildman–Crippen MR) is 32.5 cm³/mol. The Labute approximate surface area is 57.5 Å². The van der Waals surface area contributed by atoms with E-state index in [0.717, 1.165) is 0 Å². The van der Waals surface area contributed by atoms with E-state index in [1.165, 1.54) is 0 Å². The molecule has 0 unspecified atom stereocenters. The molecule has 0 aliphatic carbocycles. The van der Waals surface area contributed by atoms with Crippen molar-refractivity contribution in [2.24, 2.45) is 5.73 Å². The molecule has 1 atom stereocenters. The zero-order valence-electron chi connectivity index (χ0n) is 5.28. The van der Waals surface area contributed by atoms with Crippen molar-refractivity contribution in [3.8, 4) is 0 Å². The molecular weight excluding hydrogens is 142 g/mol. The highest BCUT2D eigenvalue weighted by molar-refractivity contribution is 5.74. The van der Waals surface area contributed by atoms with Crippen LogP contribution in [0.25, 0.3) is 0 Å². The highest BCUT2D eigenvalue weighted by atomic mass is 17.3. The third-order valence-corrected chi connectivity index (χ3v) is 0.986. The molecule has 0 fully saturated rings. The highest BCUT2D eigenvalue weighted by Gasteiger charge is 2.12. The topological polar surface area (TPSA) is 101 Å². The van der Waals surface area contributed by atoms with E-state index in [1.807, 2.05) is 0 Å². The minimum atomic E-state index is -1.17. The van der Waals surface area contributed by atoms with E-state index in [2.05, 4.69) is 0 Å². The summed E-state index contributed by atoms with van der Waals surface area (Å²) in [5.41, 5.74) is 5.00. The van der Waals surface area contributed by atoms with E-state index in [1.54, 1.807) is 0 Å². The van der Waals surface area contributed by atoms with E-state index in [4.69, 9.17) is 15.9 Å². The second-order valence-electron chi connectivity index (χ2n) is 1.88. The molecule has 0 radical (unpaired) electrons. The molecule has 10 heavy (non-hydrogen) atoms. The van der Waals surface area contributed by atoms with Gasteiger partial charge < -0.3 is 15.9 Å². The van der Waals surface area contributed by atoms with E-state index >= 15 is 0 Å². The number of carboxylic acid groups (broad SMARTS) is 2. The molecule has 0 rings (SSSR count). The average Bonchev–Trinajstić information content (AvgIpc) is 1.82. The summed E-state index contributed by atoms with van der Waals surface area (Å²) in [4.78, 5) is 19.9. The van der Waals surface area contributed by atoms with Crippen molar-refractivity contribution in [1.29, 1.82) is 0 Å². The van der Waals surface area contributed by atoms with Crippen LogP contribution in [0.4, 0.5) is 0 Å². The second-order valence-corrected chi connectivity index (χ2v) is 1.88. The first-order valence-corrected chi connectivity index (χ1v) is 2.74. The van der Waals surface area contributed by atoms with Gasteiger partial charge in [0, 0.05) is 6.42 Å². The third kappa shape index (κ3) is 3.85. The fraction of sp³-hybridized carbons (Fsp3) is 0.600. The van der Waals surface area contributed by atoms with Crippen molar-refractivity contribution in [3.63, 3.8) is 0 Å². The lowest BCUT2D eigenvalue weighted by Crippen LogP contribution is -2.30. The molecule has 0 spiro atoms. The van der Waals surface area contributed by atoms with Crippen molar-refractivity contribution < 1.29 is 19.8 Å². The van der Waals surface area contributed by atoms with Crippen LogP contribution in [0.15, 0.2) is 0 Å². The molecule has 0 heterocycles. The Morgan fingerprint density at radius 1 is 1.40 bits per heavy atom. The molecule has 0 aromatic rings. The molecule has 0 aliphatic heterocycles. The smallest absolute Gasteiger partial charge is 0.320 e. The quantitative estimate of drug-likeness (QED) is 0.491. The number of nitrogens with two attached hydrogens (primary N) is 1. The van der Waals surface area contributed by atoms with E-state index in [-0.39, 0.29) is 12.8 Å². The zero-order valence-corrected chi connectivity index (χ0v) is 5.28. The van der Waals surface area contributed by atoms with Gasteiger partial charge in [0.05, 0.1) is 0 Å². The number of aliphatic carboxylic acids is 2. The Morgan fingerprint density at radius 2 is 1.90 bits per heavy atom. The standard InChI is InChI=1S/C5H9NO4/c6-3(5(9)10)1-2-4(7)8/h3H,1-2,6H2,(H,7,8)(H,9,10)/t3-/m1/s1/i7+1,8+1,9+1,10+1. The molecule has 5 heteroatoms. The summed E-state index contributed by atoms with van der Waals surface area (Å²) in [6.07, 6.45) is -0.224. The van der Waals surface area contributed by atoms with Gasteiger partial charge in [-0.3, -0.25) is 9.59 Å². The van der Waals surface area contributed by atoms with Gasteiger partial charge in [-0.25, -0.2) is 0 Å². The summed E-state index contributed by atoms with van der Waals surface area (Å²) < 4.78 is 0. The maximum absolute atomic E-state index is 9.99. The first-order chi connectivity index (χ1) is 4.54. The molecule has 58 valence electrons. The van der Waals surface area contributed by atoms with Gasteiger partial charge in [0.25, 0.3) is 0 Å². The molecule has 0 saturated carbocycles. The Hall–Kier alpha value is -1.10. The van der Waals surface area contributed by atoms with Crippen LogP contribution in [0.2, 0.25) is 0 Å². The maximum atomic E-state index is 9.99. The van der Waals surface area contributed by atoms with E-state index in [9.17, 15) is 9.59 Å². The fourth-order valence-electron chi connectivity index (χ4n) is 0.402. The fourth-order valence-corrected chi connectivity index (χ4v) is 0.402. The summed E-state index contributed by atoms with van der Waals surface area (Å²) in [5, 5.41) is 16.3. The Balaban J connectivity index is 3.49. The van der Waals surface area contributed by atoms with E-state index in [0.29, 0.717) is 0 Å². The van der Waals surface area contributed by atoms with Crippen molar-refractivity contribution in [3.05, 3.63) is 0 Å². The minimum Gasteiger partial charge on any atom is -0.481 e. The average molecular weight is 151 g/mol.